The molecule has 14 heavy (non-hydrogen) atoms. The molecule has 0 N–H and O–H groups in total. The van der Waals surface area contributed by atoms with Crippen LogP contribution < -0.4 is 0 Å². The number of rotatable bonds is 1. The molecule has 0 saturated heterocycles. The first-order valence-corrected chi connectivity index (χ1v) is 8.00. The Morgan fingerprint density at radius 1 is 1.50 bits per heavy atom. The molecule has 0 fully saturated rings. The molecule has 2 aromatic rings. The Bertz CT molecular complexity index is 497. The minimum Gasteiger partial charge on any atom is -0.278 e. The molecule has 0 spiro atoms. The zero-order chi connectivity index (χ0) is 10.3. The van der Waals surface area contributed by atoms with Gasteiger partial charge in [0.25, 0.3) is 0 Å². The Balaban J connectivity index is 2.89. The van der Waals surface area contributed by atoms with Gasteiger partial charge in [0.2, 0.25) is 0 Å². The summed E-state index contributed by atoms with van der Waals surface area (Å²) in [6.45, 7) is 1.89. The molecule has 0 aliphatic rings. The maximum atomic E-state index is 13.6. The lowest BCUT2D eigenvalue weighted by atomic mass is 10.2. The summed E-state index contributed by atoms with van der Waals surface area (Å²) >= 11 is 5.55. The molecule has 0 unspecified atom stereocenters. The van der Waals surface area contributed by atoms with Crippen LogP contribution in [0, 0.1) is 12.7 Å². The van der Waals surface area contributed by atoms with Crippen LogP contribution in [0.4, 0.5) is 4.39 Å². The number of hydrogen-bond donors (Lipinski definition) is 0. The van der Waals surface area contributed by atoms with E-state index in [0.29, 0.717) is 5.52 Å². The highest BCUT2D eigenvalue weighted by molar-refractivity contribution is 14.2. The van der Waals surface area contributed by atoms with E-state index in [1.165, 1.54) is 9.12 Å². The van der Waals surface area contributed by atoms with Crippen LogP contribution in [0.1, 0.15) is 5.56 Å². The minimum atomic E-state index is -0.171. The van der Waals surface area contributed by atoms with E-state index in [2.05, 4.69) is 37.1 Å². The number of nitrogens with zero attached hydrogens (tertiary/aromatic N) is 1. The van der Waals surface area contributed by atoms with E-state index in [4.69, 9.17) is 0 Å². The molecule has 0 aliphatic heterocycles. The standard InChI is InChI=1S/C9H6BrFINS/c1-5-2-6-7(10)4-13(14-12)9(6)8(11)3-5/h2-4H,1H3. The van der Waals surface area contributed by atoms with Gasteiger partial charge >= 0.3 is 0 Å². The van der Waals surface area contributed by atoms with Gasteiger partial charge in [-0.3, -0.25) is 3.97 Å². The fraction of sp³-hybridized carbons (Fsp3) is 0.111. The van der Waals surface area contributed by atoms with Crippen molar-refractivity contribution in [2.24, 2.45) is 0 Å². The number of aromatic nitrogens is 1. The van der Waals surface area contributed by atoms with E-state index in [1.807, 2.05) is 23.2 Å². The molecule has 0 saturated carbocycles. The first kappa shape index (κ1) is 10.8. The molecule has 74 valence electrons. The van der Waals surface area contributed by atoms with Gasteiger partial charge in [-0.2, -0.15) is 0 Å². The lowest BCUT2D eigenvalue weighted by Crippen LogP contribution is -1.85. The van der Waals surface area contributed by atoms with Crippen LogP contribution in [0.5, 0.6) is 0 Å². The fourth-order valence-corrected chi connectivity index (χ4v) is 3.41. The average molecular weight is 386 g/mol. The van der Waals surface area contributed by atoms with Crippen molar-refractivity contribution in [3.05, 3.63) is 34.2 Å². The molecule has 5 heteroatoms. The second-order valence-electron chi connectivity index (χ2n) is 3.01. The second kappa shape index (κ2) is 4.02. The molecular weight excluding hydrogens is 380 g/mol. The largest absolute Gasteiger partial charge is 0.278 e. The van der Waals surface area contributed by atoms with Gasteiger partial charge in [-0.1, -0.05) is 0 Å². The van der Waals surface area contributed by atoms with Gasteiger partial charge in [0.1, 0.15) is 5.82 Å². The Kier molecular flexibility index (Phi) is 3.09. The van der Waals surface area contributed by atoms with Crippen molar-refractivity contribution >= 4 is 57.2 Å². The van der Waals surface area contributed by atoms with Gasteiger partial charge < -0.3 is 0 Å². The Labute approximate surface area is 106 Å². The molecule has 0 bridgehead atoms. The van der Waals surface area contributed by atoms with Crippen LogP contribution >= 0.6 is 46.3 Å². The lowest BCUT2D eigenvalue weighted by Gasteiger charge is -2.00. The third-order valence-electron chi connectivity index (χ3n) is 1.99. The summed E-state index contributed by atoms with van der Waals surface area (Å²) in [7, 11) is 1.46. The summed E-state index contributed by atoms with van der Waals surface area (Å²) in [6, 6.07) is 3.53. The predicted octanol–water partition coefficient (Wildman–Crippen LogP) is 4.70. The van der Waals surface area contributed by atoms with Crippen LogP contribution in [0.25, 0.3) is 10.9 Å². The third-order valence-corrected chi connectivity index (χ3v) is 4.33. The monoisotopic (exact) mass is 385 g/mol. The van der Waals surface area contributed by atoms with E-state index in [9.17, 15) is 4.39 Å². The maximum Gasteiger partial charge on any atom is 0.148 e. The van der Waals surface area contributed by atoms with Crippen molar-refractivity contribution in [3.63, 3.8) is 0 Å². The normalized spacial score (nSPS) is 11.1. The third kappa shape index (κ3) is 1.69. The number of benzene rings is 1. The molecule has 0 radical (unpaired) electrons. The van der Waals surface area contributed by atoms with E-state index in [-0.39, 0.29) is 5.82 Å². The van der Waals surface area contributed by atoms with E-state index < -0.39 is 0 Å². The quantitative estimate of drug-likeness (QED) is 0.644. The predicted molar refractivity (Wildman–Crippen MR) is 71.3 cm³/mol. The van der Waals surface area contributed by atoms with Crippen molar-refractivity contribution in [1.29, 1.82) is 0 Å². The van der Waals surface area contributed by atoms with Crippen molar-refractivity contribution in [1.82, 2.24) is 3.97 Å². The van der Waals surface area contributed by atoms with Gasteiger partial charge in [0.05, 0.1) is 5.52 Å². The maximum absolute atomic E-state index is 13.6. The summed E-state index contributed by atoms with van der Waals surface area (Å²) in [4.78, 5) is 0. The topological polar surface area (TPSA) is 4.93 Å². The summed E-state index contributed by atoms with van der Waals surface area (Å²) in [6.07, 6.45) is 1.88. The molecule has 0 amide bonds. The van der Waals surface area contributed by atoms with Gasteiger partial charge in [-0.05, 0) is 40.5 Å². The molecule has 0 aliphatic carbocycles. The van der Waals surface area contributed by atoms with Crippen LogP contribution in [0.15, 0.2) is 22.8 Å². The smallest absolute Gasteiger partial charge is 0.148 e. The van der Waals surface area contributed by atoms with Crippen molar-refractivity contribution in [2.45, 2.75) is 6.92 Å². The molecular formula is C9H6BrFINS. The molecule has 1 heterocycles. The molecule has 0 atom stereocenters. The first-order valence-electron chi connectivity index (χ1n) is 3.89. The summed E-state index contributed by atoms with van der Waals surface area (Å²) < 4.78 is 16.4. The SMILES string of the molecule is Cc1cc(F)c2c(c1)c(Br)cn2SI. The molecule has 1 aromatic heterocycles. The van der Waals surface area contributed by atoms with E-state index >= 15 is 0 Å². The zero-order valence-corrected chi connectivity index (χ0v) is 11.8. The van der Waals surface area contributed by atoms with Gasteiger partial charge in [-0.15, -0.1) is 0 Å². The van der Waals surface area contributed by atoms with Gasteiger partial charge in [-0.25, -0.2) is 4.39 Å². The molecule has 1 aromatic carbocycles. The summed E-state index contributed by atoms with van der Waals surface area (Å²) in [5.74, 6) is -0.171. The lowest BCUT2D eigenvalue weighted by molar-refractivity contribution is 0.635. The molecule has 2 rings (SSSR count). The van der Waals surface area contributed by atoms with Crippen LogP contribution in [0.3, 0.4) is 0 Å². The van der Waals surface area contributed by atoms with Gasteiger partial charge in [0.15, 0.2) is 0 Å². The number of fused-ring (bicyclic) bond motifs is 1. The zero-order valence-electron chi connectivity index (χ0n) is 7.22. The minimum absolute atomic E-state index is 0.171. The highest BCUT2D eigenvalue weighted by Gasteiger charge is 2.11. The van der Waals surface area contributed by atoms with Crippen LogP contribution in [0.2, 0.25) is 0 Å². The van der Waals surface area contributed by atoms with Crippen LogP contribution in [-0.2, 0) is 0 Å². The van der Waals surface area contributed by atoms with Crippen molar-refractivity contribution < 1.29 is 4.39 Å². The fourth-order valence-electron chi connectivity index (χ4n) is 1.43. The Morgan fingerprint density at radius 3 is 2.86 bits per heavy atom. The average Bonchev–Trinajstić information content (AvgIpc) is 2.43. The van der Waals surface area contributed by atoms with Crippen LogP contribution in [-0.4, -0.2) is 3.97 Å². The Hall–Kier alpha value is 0.250. The van der Waals surface area contributed by atoms with E-state index in [0.717, 1.165) is 15.4 Å². The highest BCUT2D eigenvalue weighted by Crippen LogP contribution is 2.33. The Morgan fingerprint density at radius 2 is 2.21 bits per heavy atom. The molecule has 1 nitrogen and oxygen atoms in total. The first-order chi connectivity index (χ1) is 6.63. The number of hydrogen-bond acceptors (Lipinski definition) is 1. The second-order valence-corrected chi connectivity index (χ2v) is 5.58. The number of aryl methyl sites for hydroxylation is 1. The highest BCUT2D eigenvalue weighted by atomic mass is 127. The summed E-state index contributed by atoms with van der Waals surface area (Å²) in [5.41, 5.74) is 1.58. The number of halogens is 3. The van der Waals surface area contributed by atoms with Crippen molar-refractivity contribution in [2.75, 3.05) is 0 Å². The van der Waals surface area contributed by atoms with Gasteiger partial charge in [0, 0.05) is 46.4 Å². The van der Waals surface area contributed by atoms with Crippen molar-refractivity contribution in [3.8, 4) is 0 Å². The summed E-state index contributed by atoms with van der Waals surface area (Å²) in [5, 5.41) is 0.923. The van der Waals surface area contributed by atoms with E-state index in [1.54, 1.807) is 6.07 Å².